The van der Waals surface area contributed by atoms with Crippen LogP contribution in [-0.2, 0) is 18.9 Å². The van der Waals surface area contributed by atoms with Crippen LogP contribution in [0.25, 0.3) is 0 Å². The van der Waals surface area contributed by atoms with Crippen LogP contribution >= 0.6 is 0 Å². The Hall–Kier alpha value is -0.820. The van der Waals surface area contributed by atoms with Crippen molar-refractivity contribution in [1.29, 1.82) is 0 Å². The molecule has 4 unspecified atom stereocenters. The Morgan fingerprint density at radius 1 is 0.768 bits per heavy atom. The van der Waals surface area contributed by atoms with Crippen molar-refractivity contribution in [2.24, 2.45) is 45.3 Å². The van der Waals surface area contributed by atoms with Crippen LogP contribution in [0.2, 0.25) is 0 Å². The highest BCUT2D eigenvalue weighted by atomic mass is 16.7. The number of hydrogen-bond donors (Lipinski definition) is 10. The van der Waals surface area contributed by atoms with E-state index in [0.29, 0.717) is 25.7 Å². The molecule has 2 aliphatic heterocycles. The first-order valence-corrected chi connectivity index (χ1v) is 21.0. The summed E-state index contributed by atoms with van der Waals surface area (Å²) in [5.74, 6) is 0.800. The summed E-state index contributed by atoms with van der Waals surface area (Å²) in [5.41, 5.74) is -1.23. The first-order chi connectivity index (χ1) is 26.0. The zero-order valence-electron chi connectivity index (χ0n) is 34.6. The summed E-state index contributed by atoms with van der Waals surface area (Å²) in [6.07, 6.45) is -7.19. The first kappa shape index (κ1) is 44.7. The van der Waals surface area contributed by atoms with E-state index in [-0.39, 0.29) is 40.6 Å². The summed E-state index contributed by atoms with van der Waals surface area (Å²) in [6.45, 7) is 15.7. The fourth-order valence-electron chi connectivity index (χ4n) is 12.8. The van der Waals surface area contributed by atoms with Gasteiger partial charge in [0.1, 0.15) is 48.8 Å². The SMILES string of the molecule is C[C@H](CC[C@@H](O[C@@H]1O[C@H](CO)[C@@H](O)[C@H](O)[C@H]1O)C(C)(C)O)C1CC[C@@]2(C)C3CC=C4C(CC[C@H](OC5O[C@H](CO)[C@@H](O)[C@H](O)[C@H]5O)C4(C)C)[C@]3(C)[C@H](O)C[C@]12C. The fraction of sp³-hybridized carbons (Fsp3) is 0.952. The van der Waals surface area contributed by atoms with Gasteiger partial charge in [-0.1, -0.05) is 53.2 Å². The molecular formula is C42H72O14. The van der Waals surface area contributed by atoms with Gasteiger partial charge in [0.15, 0.2) is 12.6 Å². The van der Waals surface area contributed by atoms with Crippen molar-refractivity contribution < 1.29 is 70.0 Å². The smallest absolute Gasteiger partial charge is 0.187 e. The van der Waals surface area contributed by atoms with Gasteiger partial charge in [0.25, 0.3) is 0 Å². The molecule has 0 aromatic carbocycles. The minimum atomic E-state index is -1.58. The lowest BCUT2D eigenvalue weighted by Gasteiger charge is -2.67. The molecule has 2 heterocycles. The number of aliphatic hydroxyl groups is 10. The van der Waals surface area contributed by atoms with Crippen molar-refractivity contribution in [3.63, 3.8) is 0 Å². The molecule has 0 radical (unpaired) electrons. The van der Waals surface area contributed by atoms with Gasteiger partial charge in [0.05, 0.1) is 37.1 Å². The molecule has 14 nitrogen and oxygen atoms in total. The standard InChI is InChI=1S/C42H72O14/c1-20(9-13-29(39(4,5)52)56-37-35(51)33(49)31(47)25(19-44)54-37)21-15-16-40(6)26-12-10-22-23(42(26,8)27(45)17-41(21,40)7)11-14-28(38(22,2)3)55-36-34(50)32(48)30(46)24(18-43)53-36/h10,20-21,23-37,43-52H,9,11-19H2,1-8H3/t20-,21?,23?,24-,25-,26?,27-,28+,29-,30-,31-,32+,33+,34-,35-,36?,37+,40+,41-,42+/m1/s1. The molecule has 56 heavy (non-hydrogen) atoms. The van der Waals surface area contributed by atoms with Gasteiger partial charge in [0.2, 0.25) is 0 Å². The highest BCUT2D eigenvalue weighted by molar-refractivity contribution is 5.32. The number of hydrogen-bond acceptors (Lipinski definition) is 14. The van der Waals surface area contributed by atoms with Gasteiger partial charge in [-0.25, -0.2) is 0 Å². The highest BCUT2D eigenvalue weighted by Gasteiger charge is 2.70. The molecule has 14 heteroatoms. The maximum atomic E-state index is 12.5. The van der Waals surface area contributed by atoms with Crippen LogP contribution in [0.15, 0.2) is 11.6 Å². The lowest BCUT2D eigenvalue weighted by atomic mass is 9.38. The second kappa shape index (κ2) is 15.9. The highest BCUT2D eigenvalue weighted by Crippen LogP contribution is 2.75. The zero-order valence-corrected chi connectivity index (χ0v) is 34.6. The largest absolute Gasteiger partial charge is 0.394 e. The molecule has 5 fully saturated rings. The van der Waals surface area contributed by atoms with E-state index < -0.39 is 103 Å². The Bertz CT molecular complexity index is 1400. The van der Waals surface area contributed by atoms with Crippen LogP contribution in [0.1, 0.15) is 107 Å². The van der Waals surface area contributed by atoms with E-state index in [2.05, 4.69) is 47.6 Å². The van der Waals surface area contributed by atoms with Crippen molar-refractivity contribution in [2.45, 2.75) is 192 Å². The minimum Gasteiger partial charge on any atom is -0.394 e. The van der Waals surface area contributed by atoms with Crippen LogP contribution < -0.4 is 0 Å². The Morgan fingerprint density at radius 3 is 1.91 bits per heavy atom. The van der Waals surface area contributed by atoms with Crippen LogP contribution in [0.5, 0.6) is 0 Å². The zero-order chi connectivity index (χ0) is 41.5. The quantitative estimate of drug-likeness (QED) is 0.132. The molecular weight excluding hydrogens is 728 g/mol. The number of fused-ring (bicyclic) bond motifs is 5. The Labute approximate surface area is 331 Å². The summed E-state index contributed by atoms with van der Waals surface area (Å²) < 4.78 is 23.9. The van der Waals surface area contributed by atoms with Gasteiger partial charge in [-0.2, -0.15) is 0 Å². The maximum absolute atomic E-state index is 12.5. The van der Waals surface area contributed by atoms with Crippen molar-refractivity contribution >= 4 is 0 Å². The van der Waals surface area contributed by atoms with E-state index in [1.807, 2.05) is 0 Å². The number of ether oxygens (including phenoxy) is 4. The second-order valence-electron chi connectivity index (χ2n) is 20.2. The molecule has 6 rings (SSSR count). The number of aliphatic hydroxyl groups excluding tert-OH is 9. The maximum Gasteiger partial charge on any atom is 0.187 e. The average molecular weight is 801 g/mol. The summed E-state index contributed by atoms with van der Waals surface area (Å²) in [4.78, 5) is 0. The predicted octanol–water partition coefficient (Wildman–Crippen LogP) is 1.12. The molecule has 324 valence electrons. The van der Waals surface area contributed by atoms with Gasteiger partial charge < -0.3 is 70.0 Å². The summed E-state index contributed by atoms with van der Waals surface area (Å²) in [6, 6.07) is 0. The predicted molar refractivity (Wildman–Crippen MR) is 202 cm³/mol. The van der Waals surface area contributed by atoms with Crippen molar-refractivity contribution in [1.82, 2.24) is 0 Å². The van der Waals surface area contributed by atoms with Gasteiger partial charge in [-0.05, 0) is 99.7 Å². The lowest BCUT2D eigenvalue weighted by molar-refractivity contribution is -0.322. The van der Waals surface area contributed by atoms with Crippen molar-refractivity contribution in [3.05, 3.63) is 11.6 Å². The van der Waals surface area contributed by atoms with Gasteiger partial charge in [-0.15, -0.1) is 0 Å². The van der Waals surface area contributed by atoms with Gasteiger partial charge >= 0.3 is 0 Å². The van der Waals surface area contributed by atoms with E-state index in [1.165, 1.54) is 5.57 Å². The van der Waals surface area contributed by atoms with Crippen LogP contribution in [0.4, 0.5) is 0 Å². The molecule has 10 N–H and O–H groups in total. The molecule has 0 bridgehead atoms. The molecule has 3 saturated carbocycles. The normalized spacial score (nSPS) is 50.3. The van der Waals surface area contributed by atoms with Gasteiger partial charge in [0, 0.05) is 10.8 Å². The number of rotatable bonds is 11. The van der Waals surface area contributed by atoms with Crippen LogP contribution in [-0.4, -0.2) is 150 Å². The molecule has 2 saturated heterocycles. The lowest BCUT2D eigenvalue weighted by Crippen LogP contribution is -2.65. The van der Waals surface area contributed by atoms with E-state index >= 15 is 0 Å². The molecule has 4 aliphatic carbocycles. The monoisotopic (exact) mass is 800 g/mol. The summed E-state index contributed by atoms with van der Waals surface area (Å²) in [7, 11) is 0. The van der Waals surface area contributed by atoms with Crippen molar-refractivity contribution in [2.75, 3.05) is 13.2 Å². The first-order valence-electron chi connectivity index (χ1n) is 21.0. The third kappa shape index (κ3) is 7.16. The third-order valence-corrected chi connectivity index (χ3v) is 16.6. The van der Waals surface area contributed by atoms with Crippen LogP contribution in [0, 0.1) is 45.3 Å². The number of allylic oxidation sites excluding steroid dienone is 1. The van der Waals surface area contributed by atoms with E-state index in [9.17, 15) is 51.1 Å². The average Bonchev–Trinajstić information content (AvgIpc) is 3.40. The minimum absolute atomic E-state index is 0.0712. The molecule has 0 aromatic heterocycles. The fourth-order valence-corrected chi connectivity index (χ4v) is 12.8. The summed E-state index contributed by atoms with van der Waals surface area (Å²) in [5, 5.41) is 106. The molecule has 20 atom stereocenters. The molecule has 0 spiro atoms. The summed E-state index contributed by atoms with van der Waals surface area (Å²) >= 11 is 0. The topological polar surface area (TPSA) is 239 Å². The molecule has 0 amide bonds. The molecule has 0 aromatic rings. The molecule has 6 aliphatic rings. The van der Waals surface area contributed by atoms with E-state index in [0.717, 1.165) is 25.7 Å². The third-order valence-electron chi connectivity index (χ3n) is 16.6. The van der Waals surface area contributed by atoms with E-state index in [1.54, 1.807) is 13.8 Å². The van der Waals surface area contributed by atoms with Crippen LogP contribution in [0.3, 0.4) is 0 Å². The van der Waals surface area contributed by atoms with Gasteiger partial charge in [-0.3, -0.25) is 0 Å². The Kier molecular flexibility index (Phi) is 12.7. The Morgan fingerprint density at radius 2 is 1.34 bits per heavy atom. The second-order valence-corrected chi connectivity index (χ2v) is 20.2. The van der Waals surface area contributed by atoms with Crippen molar-refractivity contribution in [3.8, 4) is 0 Å². The van der Waals surface area contributed by atoms with E-state index in [4.69, 9.17) is 18.9 Å². The Balaban J connectivity index is 1.17.